The molecule has 0 N–H and O–H groups in total. The van der Waals surface area contributed by atoms with Crippen molar-refractivity contribution in [2.45, 2.75) is 52.2 Å². The highest BCUT2D eigenvalue weighted by Crippen LogP contribution is 2.33. The highest BCUT2D eigenvalue weighted by Gasteiger charge is 2.30. The number of aryl methyl sites for hydroxylation is 1. The summed E-state index contributed by atoms with van der Waals surface area (Å²) in [5.41, 5.74) is 4.13. The number of carbonyl (C=O) groups excluding carboxylic acids is 1. The lowest BCUT2D eigenvalue weighted by Crippen LogP contribution is -2.26. The Morgan fingerprint density at radius 2 is 1.73 bits per heavy atom. The van der Waals surface area contributed by atoms with Crippen LogP contribution < -0.4 is 4.90 Å². The van der Waals surface area contributed by atoms with Gasteiger partial charge in [-0.05, 0) is 54.7 Å². The van der Waals surface area contributed by atoms with Gasteiger partial charge in [-0.25, -0.2) is 9.37 Å². The normalized spacial score (nSPS) is 13.6. The molecule has 0 radical (unpaired) electrons. The topological polar surface area (TPSA) is 36.4 Å². The second-order valence-electron chi connectivity index (χ2n) is 7.76. The molecule has 1 saturated carbocycles. The summed E-state index contributed by atoms with van der Waals surface area (Å²) in [6, 6.07) is 15.3. The van der Waals surface area contributed by atoms with Crippen molar-refractivity contribution in [2.75, 3.05) is 4.90 Å². The Labute approximate surface area is 181 Å². The molecule has 4 nitrogen and oxygen atoms in total. The number of aromatic nitrogens is 1. The molecule has 0 bridgehead atoms. The van der Waals surface area contributed by atoms with E-state index in [0.29, 0.717) is 11.2 Å². The van der Waals surface area contributed by atoms with E-state index in [2.05, 4.69) is 24.0 Å². The first-order chi connectivity index (χ1) is 14.5. The fraction of sp³-hybridized carbons (Fsp3) is 0.333. The largest absolute Gasteiger partial charge is 0.290 e. The maximum Gasteiger partial charge on any atom is 0.230 e. The Morgan fingerprint density at radius 1 is 1.07 bits per heavy atom. The van der Waals surface area contributed by atoms with Gasteiger partial charge in [-0.2, -0.15) is 0 Å². The molecule has 6 heteroatoms. The van der Waals surface area contributed by atoms with Gasteiger partial charge in [0.05, 0.1) is 11.4 Å². The van der Waals surface area contributed by atoms with Crippen LogP contribution in [0.4, 0.5) is 15.2 Å². The number of halogens is 1. The van der Waals surface area contributed by atoms with Gasteiger partial charge in [-0.1, -0.05) is 31.2 Å². The lowest BCUT2D eigenvalue weighted by molar-refractivity contribution is -0.115. The molecule has 1 fully saturated rings. The molecule has 1 aliphatic rings. The molecule has 1 amide bonds. The van der Waals surface area contributed by atoms with Crippen molar-refractivity contribution < 1.29 is 9.18 Å². The Kier molecular flexibility index (Phi) is 6.25. The van der Waals surface area contributed by atoms with Crippen LogP contribution in [0.1, 0.15) is 43.5 Å². The van der Waals surface area contributed by atoms with Gasteiger partial charge in [0.15, 0.2) is 5.13 Å². The average molecular weight is 424 g/mol. The first-order valence-corrected chi connectivity index (χ1v) is 11.2. The minimum Gasteiger partial charge on any atom is -0.290 e. The predicted octanol–water partition coefficient (Wildman–Crippen LogP) is 5.69. The van der Waals surface area contributed by atoms with Crippen LogP contribution >= 0.6 is 11.3 Å². The van der Waals surface area contributed by atoms with E-state index < -0.39 is 0 Å². The third-order valence-corrected chi connectivity index (χ3v) is 6.25. The molecule has 0 spiro atoms. The van der Waals surface area contributed by atoms with Crippen molar-refractivity contribution in [3.63, 3.8) is 0 Å². The van der Waals surface area contributed by atoms with Crippen LogP contribution in [0.25, 0.3) is 0 Å². The average Bonchev–Trinajstić information content (AvgIpc) is 3.50. The lowest BCUT2D eigenvalue weighted by atomic mass is 10.1. The van der Waals surface area contributed by atoms with E-state index in [1.54, 1.807) is 11.8 Å². The number of hydrogen-bond acceptors (Lipinski definition) is 4. The summed E-state index contributed by atoms with van der Waals surface area (Å²) in [6.07, 6.45) is 3.33. The molecule has 4 rings (SSSR count). The molecule has 2 aromatic carbocycles. The number of nitrogens with zero attached hydrogens (tertiary/aromatic N) is 3. The van der Waals surface area contributed by atoms with E-state index >= 15 is 0 Å². The van der Waals surface area contributed by atoms with Gasteiger partial charge in [0.1, 0.15) is 5.82 Å². The quantitative estimate of drug-likeness (QED) is 0.467. The molecule has 156 valence electrons. The van der Waals surface area contributed by atoms with Crippen molar-refractivity contribution in [3.8, 4) is 0 Å². The molecule has 0 saturated heterocycles. The van der Waals surface area contributed by atoms with E-state index in [9.17, 15) is 9.18 Å². The lowest BCUT2D eigenvalue weighted by Gasteiger charge is -2.21. The van der Waals surface area contributed by atoms with Gasteiger partial charge < -0.3 is 0 Å². The van der Waals surface area contributed by atoms with Gasteiger partial charge in [0.25, 0.3) is 0 Å². The molecular weight excluding hydrogens is 397 g/mol. The molecule has 1 aromatic heterocycles. The van der Waals surface area contributed by atoms with Crippen molar-refractivity contribution in [3.05, 3.63) is 76.5 Å². The monoisotopic (exact) mass is 423 g/mol. The van der Waals surface area contributed by atoms with Crippen LogP contribution in [-0.4, -0.2) is 21.8 Å². The van der Waals surface area contributed by atoms with Crippen LogP contribution in [0, 0.1) is 5.82 Å². The van der Waals surface area contributed by atoms with Crippen LogP contribution in [0.5, 0.6) is 0 Å². The maximum absolute atomic E-state index is 13.2. The fourth-order valence-corrected chi connectivity index (χ4v) is 4.44. The zero-order chi connectivity index (χ0) is 21.1. The van der Waals surface area contributed by atoms with Crippen molar-refractivity contribution in [2.24, 2.45) is 0 Å². The number of hydrogen-bond donors (Lipinski definition) is 0. The van der Waals surface area contributed by atoms with Gasteiger partial charge in [-0.3, -0.25) is 14.6 Å². The van der Waals surface area contributed by atoms with Crippen LogP contribution in [0.3, 0.4) is 0 Å². The third-order valence-electron chi connectivity index (χ3n) is 5.38. The molecule has 30 heavy (non-hydrogen) atoms. The van der Waals surface area contributed by atoms with Crippen LogP contribution in [-0.2, 0) is 24.3 Å². The van der Waals surface area contributed by atoms with Gasteiger partial charge >= 0.3 is 0 Å². The van der Waals surface area contributed by atoms with E-state index in [1.807, 2.05) is 29.6 Å². The summed E-state index contributed by atoms with van der Waals surface area (Å²) in [5.74, 6) is -0.261. The number of anilines is 2. The summed E-state index contributed by atoms with van der Waals surface area (Å²) in [7, 11) is 0. The Bertz CT molecular complexity index is 996. The van der Waals surface area contributed by atoms with Crippen LogP contribution in [0.2, 0.25) is 0 Å². The summed E-state index contributed by atoms with van der Waals surface area (Å²) < 4.78 is 13.2. The van der Waals surface area contributed by atoms with Crippen LogP contribution in [0.15, 0.2) is 53.9 Å². The number of amides is 1. The first kappa shape index (κ1) is 20.7. The summed E-state index contributed by atoms with van der Waals surface area (Å²) >= 11 is 1.49. The standard InChI is InChI=1S/C24H26FN3OS/c1-3-18-6-10-23(11-7-18)28(17(2)29)24-26-21(16-30-24)15-27(22-12-13-22)14-19-4-8-20(25)9-5-19/h4-11,16,22H,3,12-15H2,1-2H3. The molecule has 0 atom stereocenters. The minimum absolute atomic E-state index is 0.0505. The SMILES string of the molecule is CCc1ccc(N(C(C)=O)c2nc(CN(Cc3ccc(F)cc3)C3CC3)cs2)cc1. The van der Waals surface area contributed by atoms with Gasteiger partial charge in [-0.15, -0.1) is 11.3 Å². The smallest absolute Gasteiger partial charge is 0.230 e. The van der Waals surface area contributed by atoms with Crippen molar-refractivity contribution >= 4 is 28.1 Å². The molecule has 0 aliphatic heterocycles. The first-order valence-electron chi connectivity index (χ1n) is 10.4. The van der Waals surface area contributed by atoms with Gasteiger partial charge in [0.2, 0.25) is 5.91 Å². The zero-order valence-corrected chi connectivity index (χ0v) is 18.2. The highest BCUT2D eigenvalue weighted by molar-refractivity contribution is 7.14. The highest BCUT2D eigenvalue weighted by atomic mass is 32.1. The van der Waals surface area contributed by atoms with E-state index in [4.69, 9.17) is 4.98 Å². The Hall–Kier alpha value is -2.57. The van der Waals surface area contributed by atoms with E-state index in [0.717, 1.165) is 36.5 Å². The second-order valence-corrected chi connectivity index (χ2v) is 8.60. The molecule has 1 heterocycles. The number of benzene rings is 2. The third kappa shape index (κ3) is 4.94. The number of rotatable bonds is 8. The molecule has 0 unspecified atom stereocenters. The fourth-order valence-electron chi connectivity index (χ4n) is 3.57. The Morgan fingerprint density at radius 3 is 2.33 bits per heavy atom. The zero-order valence-electron chi connectivity index (χ0n) is 17.3. The predicted molar refractivity (Wildman–Crippen MR) is 119 cm³/mol. The molecule has 3 aromatic rings. The van der Waals surface area contributed by atoms with Gasteiger partial charge in [0, 0.05) is 31.4 Å². The van der Waals surface area contributed by atoms with E-state index in [1.165, 1.54) is 41.9 Å². The van der Waals surface area contributed by atoms with E-state index in [-0.39, 0.29) is 11.7 Å². The summed E-state index contributed by atoms with van der Waals surface area (Å²) in [6.45, 7) is 5.17. The summed E-state index contributed by atoms with van der Waals surface area (Å²) in [5, 5.41) is 2.73. The summed E-state index contributed by atoms with van der Waals surface area (Å²) in [4.78, 5) is 21.2. The molecular formula is C24H26FN3OS. The molecule has 1 aliphatic carbocycles. The minimum atomic E-state index is -0.211. The second kappa shape index (κ2) is 9.06. The number of carbonyl (C=O) groups is 1. The van der Waals surface area contributed by atoms with Crippen molar-refractivity contribution in [1.82, 2.24) is 9.88 Å². The van der Waals surface area contributed by atoms with Crippen molar-refractivity contribution in [1.29, 1.82) is 0 Å². The number of thiazole rings is 1. The Balaban J connectivity index is 1.50. The maximum atomic E-state index is 13.2.